The van der Waals surface area contributed by atoms with Crippen LogP contribution < -0.4 is 15.6 Å². The lowest BCUT2D eigenvalue weighted by molar-refractivity contribution is -0.00626. The van der Waals surface area contributed by atoms with Gasteiger partial charge in [-0.3, -0.25) is 9.36 Å². The van der Waals surface area contributed by atoms with Crippen molar-refractivity contribution in [1.82, 2.24) is 19.2 Å². The van der Waals surface area contributed by atoms with Crippen molar-refractivity contribution in [3.63, 3.8) is 0 Å². The second kappa shape index (κ2) is 6.79. The third kappa shape index (κ3) is 3.11. The van der Waals surface area contributed by atoms with Crippen molar-refractivity contribution < 1.29 is 9.84 Å². The molecule has 0 unspecified atom stereocenters. The second-order valence-electron chi connectivity index (χ2n) is 6.59. The van der Waals surface area contributed by atoms with Crippen LogP contribution in [0.5, 0.6) is 5.75 Å². The fourth-order valence-corrected chi connectivity index (χ4v) is 4.10. The number of ether oxygens (including phenoxy) is 1. The van der Waals surface area contributed by atoms with Crippen molar-refractivity contribution in [3.05, 3.63) is 40.9 Å². The Kier molecular flexibility index (Phi) is 4.47. The first-order valence-electron chi connectivity index (χ1n) is 8.52. The molecule has 7 nitrogen and oxygen atoms in total. The van der Waals surface area contributed by atoms with Crippen LogP contribution in [0.15, 0.2) is 35.4 Å². The highest BCUT2D eigenvalue weighted by atomic mass is 32.1. The topological polar surface area (TPSA) is 89.3 Å². The standard InChI is InChI=1S/C18H20N4O3S/c1-25-13-4-2-3-12(9-13)14-15-16(26-21-14)17(23)22(11-20-15)10-18(24)5-7-19-8-6-18/h2-4,9,11,19,24H,5-8,10H2,1H3. The summed E-state index contributed by atoms with van der Waals surface area (Å²) in [5, 5.41) is 13.9. The molecule has 0 atom stereocenters. The fraction of sp³-hybridized carbons (Fsp3) is 0.389. The lowest BCUT2D eigenvalue weighted by Gasteiger charge is -2.32. The average molecular weight is 372 g/mol. The summed E-state index contributed by atoms with van der Waals surface area (Å²) in [5.41, 5.74) is 1.09. The van der Waals surface area contributed by atoms with Crippen LogP contribution in [-0.2, 0) is 6.54 Å². The number of fused-ring (bicyclic) bond motifs is 1. The number of piperidine rings is 1. The molecular weight excluding hydrogens is 352 g/mol. The molecule has 1 aliphatic rings. The molecule has 1 aliphatic heterocycles. The van der Waals surface area contributed by atoms with Crippen molar-refractivity contribution in [3.8, 4) is 17.0 Å². The lowest BCUT2D eigenvalue weighted by atomic mass is 9.92. The van der Waals surface area contributed by atoms with Crippen LogP contribution >= 0.6 is 11.5 Å². The Labute approximate surface area is 154 Å². The zero-order chi connectivity index (χ0) is 18.1. The summed E-state index contributed by atoms with van der Waals surface area (Å²) in [5.74, 6) is 0.727. The van der Waals surface area contributed by atoms with E-state index in [1.54, 1.807) is 7.11 Å². The van der Waals surface area contributed by atoms with Crippen molar-refractivity contribution >= 4 is 21.7 Å². The molecule has 3 heterocycles. The van der Waals surface area contributed by atoms with Crippen molar-refractivity contribution in [2.45, 2.75) is 25.0 Å². The Bertz CT molecular complexity index is 992. The highest BCUT2D eigenvalue weighted by Crippen LogP contribution is 2.29. The van der Waals surface area contributed by atoms with E-state index in [0.717, 1.165) is 35.9 Å². The predicted molar refractivity (Wildman–Crippen MR) is 101 cm³/mol. The molecule has 1 fully saturated rings. The van der Waals surface area contributed by atoms with Crippen molar-refractivity contribution in [1.29, 1.82) is 0 Å². The maximum Gasteiger partial charge on any atom is 0.273 e. The van der Waals surface area contributed by atoms with E-state index in [4.69, 9.17) is 4.74 Å². The summed E-state index contributed by atoms with van der Waals surface area (Å²) in [7, 11) is 1.61. The number of nitrogens with one attached hydrogen (secondary N) is 1. The minimum absolute atomic E-state index is 0.159. The van der Waals surface area contributed by atoms with E-state index in [0.29, 0.717) is 28.8 Å². The first-order chi connectivity index (χ1) is 12.6. The van der Waals surface area contributed by atoms with E-state index in [2.05, 4.69) is 14.7 Å². The molecule has 0 bridgehead atoms. The van der Waals surface area contributed by atoms with Crippen LogP contribution in [0.3, 0.4) is 0 Å². The van der Waals surface area contributed by atoms with E-state index < -0.39 is 5.60 Å². The third-order valence-electron chi connectivity index (χ3n) is 4.79. The number of nitrogens with zero attached hydrogens (tertiary/aromatic N) is 3. The van der Waals surface area contributed by atoms with Gasteiger partial charge in [0.2, 0.25) is 0 Å². The van der Waals surface area contributed by atoms with Gasteiger partial charge in [0.15, 0.2) is 0 Å². The molecule has 4 rings (SSSR count). The van der Waals surface area contributed by atoms with E-state index in [-0.39, 0.29) is 12.1 Å². The van der Waals surface area contributed by atoms with Crippen LogP contribution in [0, 0.1) is 0 Å². The van der Waals surface area contributed by atoms with Gasteiger partial charge in [0, 0.05) is 5.56 Å². The first kappa shape index (κ1) is 17.1. The van der Waals surface area contributed by atoms with Gasteiger partial charge in [-0.05, 0) is 49.6 Å². The van der Waals surface area contributed by atoms with Gasteiger partial charge < -0.3 is 15.2 Å². The van der Waals surface area contributed by atoms with Crippen LogP contribution in [0.1, 0.15) is 12.8 Å². The Morgan fingerprint density at radius 2 is 2.19 bits per heavy atom. The molecule has 0 spiro atoms. The Hall–Kier alpha value is -2.29. The normalized spacial score (nSPS) is 16.7. The van der Waals surface area contributed by atoms with E-state index >= 15 is 0 Å². The Morgan fingerprint density at radius 1 is 1.38 bits per heavy atom. The lowest BCUT2D eigenvalue weighted by Crippen LogP contribution is -2.46. The van der Waals surface area contributed by atoms with Crippen molar-refractivity contribution in [2.75, 3.05) is 20.2 Å². The second-order valence-corrected chi connectivity index (χ2v) is 7.37. The van der Waals surface area contributed by atoms with Gasteiger partial charge >= 0.3 is 0 Å². The summed E-state index contributed by atoms with van der Waals surface area (Å²) < 4.78 is 11.7. The van der Waals surface area contributed by atoms with Gasteiger partial charge in [-0.25, -0.2) is 4.98 Å². The zero-order valence-electron chi connectivity index (χ0n) is 14.4. The van der Waals surface area contributed by atoms with Gasteiger partial charge in [-0.2, -0.15) is 4.37 Å². The van der Waals surface area contributed by atoms with Crippen LogP contribution in [0.2, 0.25) is 0 Å². The minimum Gasteiger partial charge on any atom is -0.497 e. The highest BCUT2D eigenvalue weighted by Gasteiger charge is 2.30. The van der Waals surface area contributed by atoms with Gasteiger partial charge in [-0.1, -0.05) is 12.1 Å². The number of aliphatic hydroxyl groups is 1. The highest BCUT2D eigenvalue weighted by molar-refractivity contribution is 7.13. The summed E-state index contributed by atoms with van der Waals surface area (Å²) in [6.45, 7) is 1.76. The summed E-state index contributed by atoms with van der Waals surface area (Å²) in [6.07, 6.45) is 2.76. The quantitative estimate of drug-likeness (QED) is 0.724. The molecule has 0 aliphatic carbocycles. The Morgan fingerprint density at radius 3 is 2.96 bits per heavy atom. The van der Waals surface area contributed by atoms with E-state index in [1.165, 1.54) is 10.9 Å². The molecule has 1 aromatic carbocycles. The number of rotatable bonds is 4. The summed E-state index contributed by atoms with van der Waals surface area (Å²) in [6, 6.07) is 7.53. The summed E-state index contributed by atoms with van der Waals surface area (Å²) in [4.78, 5) is 17.3. The summed E-state index contributed by atoms with van der Waals surface area (Å²) >= 11 is 1.14. The van der Waals surface area contributed by atoms with E-state index in [1.807, 2.05) is 24.3 Å². The molecule has 26 heavy (non-hydrogen) atoms. The number of benzene rings is 1. The van der Waals surface area contributed by atoms with Gasteiger partial charge in [0.1, 0.15) is 21.7 Å². The molecule has 3 aromatic rings. The molecule has 1 saturated heterocycles. The van der Waals surface area contributed by atoms with Crippen LogP contribution in [0.4, 0.5) is 0 Å². The van der Waals surface area contributed by atoms with Gasteiger partial charge in [-0.15, -0.1) is 0 Å². The predicted octanol–water partition coefficient (Wildman–Crippen LogP) is 1.64. The monoisotopic (exact) mass is 372 g/mol. The molecule has 2 N–H and O–H groups in total. The number of hydrogen-bond acceptors (Lipinski definition) is 7. The number of aromatic nitrogens is 3. The fourth-order valence-electron chi connectivity index (χ4n) is 3.30. The Balaban J connectivity index is 1.72. The molecular formula is C18H20N4O3S. The van der Waals surface area contributed by atoms with Crippen LogP contribution in [0.25, 0.3) is 21.5 Å². The molecule has 8 heteroatoms. The molecule has 2 aromatic heterocycles. The van der Waals surface area contributed by atoms with Crippen LogP contribution in [-0.4, -0.2) is 44.8 Å². The third-order valence-corrected chi connectivity index (χ3v) is 5.62. The smallest absolute Gasteiger partial charge is 0.273 e. The number of hydrogen-bond donors (Lipinski definition) is 2. The zero-order valence-corrected chi connectivity index (χ0v) is 15.3. The van der Waals surface area contributed by atoms with Gasteiger partial charge in [0.05, 0.1) is 25.6 Å². The minimum atomic E-state index is -0.870. The maximum absolute atomic E-state index is 12.9. The largest absolute Gasteiger partial charge is 0.497 e. The van der Waals surface area contributed by atoms with Gasteiger partial charge in [0.25, 0.3) is 5.56 Å². The van der Waals surface area contributed by atoms with E-state index in [9.17, 15) is 9.90 Å². The number of methoxy groups -OCH3 is 1. The molecule has 0 amide bonds. The molecule has 136 valence electrons. The van der Waals surface area contributed by atoms with Crippen molar-refractivity contribution in [2.24, 2.45) is 0 Å². The maximum atomic E-state index is 12.9. The molecule has 0 saturated carbocycles. The average Bonchev–Trinajstić information content (AvgIpc) is 3.09. The first-order valence-corrected chi connectivity index (χ1v) is 9.29. The molecule has 0 radical (unpaired) electrons. The SMILES string of the molecule is COc1cccc(-c2nsc3c(=O)n(CC4(O)CCNCC4)cnc23)c1.